The fourth-order valence-electron chi connectivity index (χ4n) is 4.76. The van der Waals surface area contributed by atoms with Crippen LogP contribution in [0.1, 0.15) is 41.9 Å². The Morgan fingerprint density at radius 3 is 2.29 bits per heavy atom. The van der Waals surface area contributed by atoms with Crippen LogP contribution in [0, 0.1) is 13.8 Å². The Kier molecular flexibility index (Phi) is 9.98. The molecule has 1 aliphatic heterocycles. The first-order chi connectivity index (χ1) is 18.5. The number of benzene rings is 2. The van der Waals surface area contributed by atoms with Gasteiger partial charge in [0.1, 0.15) is 18.1 Å². The molecule has 202 valence electrons. The number of hydrogen-bond acceptors (Lipinski definition) is 4. The van der Waals surface area contributed by atoms with Gasteiger partial charge in [0.15, 0.2) is 0 Å². The van der Waals surface area contributed by atoms with Crippen LogP contribution in [0.2, 0.25) is 0 Å². The lowest BCUT2D eigenvalue weighted by molar-refractivity contribution is -0.132. The summed E-state index contributed by atoms with van der Waals surface area (Å²) in [5.41, 5.74) is 3.02. The Morgan fingerprint density at radius 2 is 1.61 bits per heavy atom. The summed E-state index contributed by atoms with van der Waals surface area (Å²) < 4.78 is 5.79. The van der Waals surface area contributed by atoms with Gasteiger partial charge in [0.05, 0.1) is 6.54 Å². The summed E-state index contributed by atoms with van der Waals surface area (Å²) in [5.74, 6) is 1.47. The number of anilines is 1. The normalized spacial score (nSPS) is 13.7. The fourth-order valence-corrected chi connectivity index (χ4v) is 4.76. The molecule has 1 aliphatic rings. The molecule has 1 N–H and O–H groups in total. The predicted molar refractivity (Wildman–Crippen MR) is 151 cm³/mol. The van der Waals surface area contributed by atoms with Crippen LogP contribution < -0.4 is 5.32 Å². The van der Waals surface area contributed by atoms with E-state index in [9.17, 15) is 9.59 Å². The number of piperidine rings is 1. The first-order valence-electron chi connectivity index (χ1n) is 13.7. The molecule has 7 nitrogen and oxygen atoms in total. The molecule has 4 rings (SSSR count). The Labute approximate surface area is 226 Å². The molecule has 0 bridgehead atoms. The summed E-state index contributed by atoms with van der Waals surface area (Å²) in [7, 11) is 0. The highest BCUT2D eigenvalue weighted by Crippen LogP contribution is 2.14. The highest BCUT2D eigenvalue weighted by Gasteiger charge is 2.23. The zero-order valence-corrected chi connectivity index (χ0v) is 22.7. The first kappa shape index (κ1) is 27.5. The third-order valence-electron chi connectivity index (χ3n) is 7.06. The molecular weight excluding hydrogens is 476 g/mol. The van der Waals surface area contributed by atoms with Gasteiger partial charge in [0, 0.05) is 25.3 Å². The zero-order chi connectivity index (χ0) is 26.7. The van der Waals surface area contributed by atoms with Crippen molar-refractivity contribution in [3.63, 3.8) is 0 Å². The van der Waals surface area contributed by atoms with Crippen LogP contribution in [-0.4, -0.2) is 65.9 Å². The van der Waals surface area contributed by atoms with E-state index in [1.165, 1.54) is 24.8 Å². The van der Waals surface area contributed by atoms with Gasteiger partial charge in [-0.3, -0.25) is 4.79 Å². The van der Waals surface area contributed by atoms with E-state index >= 15 is 0 Å². The topological polar surface area (TPSA) is 69.0 Å². The lowest BCUT2D eigenvalue weighted by Crippen LogP contribution is -2.47. The molecule has 0 spiro atoms. The van der Waals surface area contributed by atoms with E-state index in [4.69, 9.17) is 4.42 Å². The van der Waals surface area contributed by atoms with Gasteiger partial charge in [0.25, 0.3) is 0 Å². The molecule has 0 aliphatic carbocycles. The molecule has 38 heavy (non-hydrogen) atoms. The van der Waals surface area contributed by atoms with Gasteiger partial charge in [-0.25, -0.2) is 4.79 Å². The van der Waals surface area contributed by atoms with Crippen molar-refractivity contribution >= 4 is 17.6 Å². The molecule has 0 unspecified atom stereocenters. The van der Waals surface area contributed by atoms with E-state index < -0.39 is 0 Å². The van der Waals surface area contributed by atoms with E-state index in [1.807, 2.05) is 68.4 Å². The summed E-state index contributed by atoms with van der Waals surface area (Å²) in [5, 5.41) is 2.99. The lowest BCUT2D eigenvalue weighted by Gasteiger charge is -2.31. The summed E-state index contributed by atoms with van der Waals surface area (Å²) in [6, 6.07) is 21.4. The SMILES string of the molecule is Cc1ccc(NC(=O)N(CCN2CCCCC2)CC(=O)N(CCc2ccccc2)Cc2ccc(C)o2)cc1. The van der Waals surface area contributed by atoms with E-state index in [0.717, 1.165) is 48.8 Å². The molecule has 0 saturated carbocycles. The smallest absolute Gasteiger partial charge is 0.322 e. The predicted octanol–water partition coefficient (Wildman–Crippen LogP) is 5.49. The van der Waals surface area contributed by atoms with Crippen molar-refractivity contribution in [2.75, 3.05) is 44.6 Å². The Hall–Kier alpha value is -3.58. The Morgan fingerprint density at radius 1 is 0.868 bits per heavy atom. The largest absolute Gasteiger partial charge is 0.464 e. The molecule has 1 fully saturated rings. The lowest BCUT2D eigenvalue weighted by atomic mass is 10.1. The average molecular weight is 517 g/mol. The third-order valence-corrected chi connectivity index (χ3v) is 7.06. The number of furan rings is 1. The second-order valence-corrected chi connectivity index (χ2v) is 10.2. The third kappa shape index (κ3) is 8.48. The molecule has 3 amide bonds. The monoisotopic (exact) mass is 516 g/mol. The van der Waals surface area contributed by atoms with E-state index in [1.54, 1.807) is 9.80 Å². The van der Waals surface area contributed by atoms with Gasteiger partial charge >= 0.3 is 6.03 Å². The zero-order valence-electron chi connectivity index (χ0n) is 22.7. The number of hydrogen-bond donors (Lipinski definition) is 1. The fraction of sp³-hybridized carbons (Fsp3) is 0.419. The standard InChI is InChI=1S/C31H40N4O3/c1-25-11-14-28(15-12-25)32-31(37)35(22-21-33-18-7-4-8-19-33)24-30(36)34(23-29-16-13-26(2)38-29)20-17-27-9-5-3-6-10-27/h3,5-6,9-16H,4,7-8,17-24H2,1-2H3,(H,32,37). The summed E-state index contributed by atoms with van der Waals surface area (Å²) in [6.45, 7) is 8.19. The van der Waals surface area contributed by atoms with Gasteiger partial charge in [-0.15, -0.1) is 0 Å². The number of aryl methyl sites for hydroxylation is 2. The van der Waals surface area contributed by atoms with Crippen molar-refractivity contribution in [2.45, 2.75) is 46.1 Å². The molecular formula is C31H40N4O3. The maximum absolute atomic E-state index is 13.7. The Balaban J connectivity index is 1.46. The van der Waals surface area contributed by atoms with Crippen molar-refractivity contribution in [1.29, 1.82) is 0 Å². The van der Waals surface area contributed by atoms with Crippen LogP contribution >= 0.6 is 0 Å². The van der Waals surface area contributed by atoms with Crippen LogP contribution in [0.4, 0.5) is 10.5 Å². The van der Waals surface area contributed by atoms with Gasteiger partial charge in [-0.05, 0) is 76.0 Å². The minimum atomic E-state index is -0.254. The van der Waals surface area contributed by atoms with Gasteiger partial charge in [0.2, 0.25) is 5.91 Å². The van der Waals surface area contributed by atoms with Crippen molar-refractivity contribution in [3.05, 3.63) is 89.4 Å². The molecule has 2 heterocycles. The second-order valence-electron chi connectivity index (χ2n) is 10.2. The quantitative estimate of drug-likeness (QED) is 0.366. The van der Waals surface area contributed by atoms with E-state index in [-0.39, 0.29) is 18.5 Å². The molecule has 2 aromatic carbocycles. The second kappa shape index (κ2) is 13.8. The number of rotatable bonds is 11. The van der Waals surface area contributed by atoms with E-state index in [0.29, 0.717) is 19.6 Å². The maximum atomic E-state index is 13.7. The number of carbonyl (C=O) groups excluding carboxylic acids is 2. The van der Waals surface area contributed by atoms with Crippen molar-refractivity contribution in [1.82, 2.24) is 14.7 Å². The van der Waals surface area contributed by atoms with Crippen molar-refractivity contribution in [3.8, 4) is 0 Å². The number of likely N-dealkylation sites (tertiary alicyclic amines) is 1. The minimum absolute atomic E-state index is 0.0139. The van der Waals surface area contributed by atoms with Crippen molar-refractivity contribution in [2.24, 2.45) is 0 Å². The molecule has 1 aromatic heterocycles. The summed E-state index contributed by atoms with van der Waals surface area (Å²) in [6.07, 6.45) is 4.36. The van der Waals surface area contributed by atoms with Crippen LogP contribution in [-0.2, 0) is 17.8 Å². The summed E-state index contributed by atoms with van der Waals surface area (Å²) >= 11 is 0. The Bertz CT molecular complexity index is 1150. The highest BCUT2D eigenvalue weighted by molar-refractivity contribution is 5.92. The number of urea groups is 1. The molecule has 3 aromatic rings. The molecule has 0 radical (unpaired) electrons. The number of nitrogens with zero attached hydrogens (tertiary/aromatic N) is 3. The van der Waals surface area contributed by atoms with Crippen LogP contribution in [0.5, 0.6) is 0 Å². The van der Waals surface area contributed by atoms with Crippen LogP contribution in [0.15, 0.2) is 71.1 Å². The highest BCUT2D eigenvalue weighted by atomic mass is 16.3. The number of amides is 3. The number of nitrogens with one attached hydrogen (secondary N) is 1. The van der Waals surface area contributed by atoms with Gasteiger partial charge in [-0.1, -0.05) is 54.4 Å². The molecule has 0 atom stereocenters. The van der Waals surface area contributed by atoms with Crippen LogP contribution in [0.25, 0.3) is 0 Å². The molecule has 7 heteroatoms. The maximum Gasteiger partial charge on any atom is 0.322 e. The first-order valence-corrected chi connectivity index (χ1v) is 13.7. The number of carbonyl (C=O) groups is 2. The van der Waals surface area contributed by atoms with Gasteiger partial charge in [-0.2, -0.15) is 0 Å². The van der Waals surface area contributed by atoms with Crippen molar-refractivity contribution < 1.29 is 14.0 Å². The average Bonchev–Trinajstić information content (AvgIpc) is 3.35. The van der Waals surface area contributed by atoms with Gasteiger partial charge < -0.3 is 24.4 Å². The van der Waals surface area contributed by atoms with Crippen LogP contribution in [0.3, 0.4) is 0 Å². The minimum Gasteiger partial charge on any atom is -0.464 e. The summed E-state index contributed by atoms with van der Waals surface area (Å²) in [4.78, 5) is 32.9. The molecule has 1 saturated heterocycles. The van der Waals surface area contributed by atoms with E-state index in [2.05, 4.69) is 22.3 Å².